The highest BCUT2D eigenvalue weighted by Crippen LogP contribution is 2.31. The maximum atomic E-state index is 12.3. The van der Waals surface area contributed by atoms with E-state index in [9.17, 15) is 13.6 Å². The molecule has 1 heterocycles. The van der Waals surface area contributed by atoms with Crippen LogP contribution in [0.1, 0.15) is 30.0 Å². The summed E-state index contributed by atoms with van der Waals surface area (Å²) in [6, 6.07) is 17.1. The smallest absolute Gasteiger partial charge is 0.387 e. The summed E-state index contributed by atoms with van der Waals surface area (Å²) < 4.78 is 28.6. The van der Waals surface area contributed by atoms with E-state index < -0.39 is 6.61 Å². The lowest BCUT2D eigenvalue weighted by molar-refractivity contribution is -0.122. The Morgan fingerprint density at radius 2 is 1.89 bits per heavy atom. The Morgan fingerprint density at radius 1 is 1.15 bits per heavy atom. The monoisotopic (exact) mass is 374 g/mol. The Kier molecular flexibility index (Phi) is 6.76. The molecule has 1 N–H and O–H groups in total. The van der Waals surface area contributed by atoms with Crippen molar-refractivity contribution in [2.24, 2.45) is 0 Å². The van der Waals surface area contributed by atoms with Crippen molar-refractivity contribution in [3.63, 3.8) is 0 Å². The molecular weight excluding hydrogens is 350 g/mol. The van der Waals surface area contributed by atoms with Crippen LogP contribution in [0.15, 0.2) is 54.6 Å². The van der Waals surface area contributed by atoms with Gasteiger partial charge in [0.05, 0.1) is 6.54 Å². The molecule has 3 rings (SSSR count). The Labute approximate surface area is 158 Å². The summed E-state index contributed by atoms with van der Waals surface area (Å²) in [5, 5.41) is 2.95. The third-order valence-corrected chi connectivity index (χ3v) is 4.78. The Hall–Kier alpha value is -2.47. The van der Waals surface area contributed by atoms with Gasteiger partial charge in [-0.1, -0.05) is 42.5 Å². The highest BCUT2D eigenvalue weighted by Gasteiger charge is 2.27. The fourth-order valence-corrected chi connectivity index (χ4v) is 3.49. The molecule has 0 aliphatic carbocycles. The molecule has 6 heteroatoms. The molecule has 2 aromatic rings. The first-order valence-electron chi connectivity index (χ1n) is 9.21. The zero-order chi connectivity index (χ0) is 19.1. The normalized spacial score (nSPS) is 17.2. The molecule has 144 valence electrons. The molecule has 1 atom stereocenters. The lowest BCUT2D eigenvalue weighted by atomic mass is 10.0. The van der Waals surface area contributed by atoms with Gasteiger partial charge in [0.1, 0.15) is 5.75 Å². The maximum absolute atomic E-state index is 12.3. The summed E-state index contributed by atoms with van der Waals surface area (Å²) in [5.74, 6) is 0.147. The lowest BCUT2D eigenvalue weighted by Crippen LogP contribution is -2.37. The van der Waals surface area contributed by atoms with Crippen LogP contribution in [0.25, 0.3) is 0 Å². The first-order valence-corrected chi connectivity index (χ1v) is 9.21. The Balaban J connectivity index is 1.43. The minimum Gasteiger partial charge on any atom is -0.435 e. The first kappa shape index (κ1) is 19.3. The quantitative estimate of drug-likeness (QED) is 0.765. The van der Waals surface area contributed by atoms with E-state index in [1.54, 1.807) is 12.1 Å². The maximum Gasteiger partial charge on any atom is 0.387 e. The van der Waals surface area contributed by atoms with Crippen molar-refractivity contribution in [1.29, 1.82) is 0 Å². The summed E-state index contributed by atoms with van der Waals surface area (Å²) >= 11 is 0. The zero-order valence-electron chi connectivity index (χ0n) is 15.1. The van der Waals surface area contributed by atoms with Gasteiger partial charge in [-0.2, -0.15) is 8.78 Å². The number of likely N-dealkylation sites (tertiary alicyclic amines) is 1. The minimum atomic E-state index is -2.82. The van der Waals surface area contributed by atoms with Crippen LogP contribution in [-0.2, 0) is 11.2 Å². The molecule has 1 aliphatic rings. The topological polar surface area (TPSA) is 41.6 Å². The number of amides is 1. The average molecular weight is 374 g/mol. The number of alkyl halides is 2. The summed E-state index contributed by atoms with van der Waals surface area (Å²) in [7, 11) is 0. The molecule has 1 aliphatic heterocycles. The van der Waals surface area contributed by atoms with Gasteiger partial charge in [0.25, 0.3) is 0 Å². The van der Waals surface area contributed by atoms with Crippen molar-refractivity contribution in [3.8, 4) is 5.75 Å². The number of ether oxygens (including phenoxy) is 1. The Bertz CT molecular complexity index is 723. The van der Waals surface area contributed by atoms with Crippen LogP contribution in [0, 0.1) is 0 Å². The predicted octanol–water partition coefficient (Wildman–Crippen LogP) is 3.78. The summed E-state index contributed by atoms with van der Waals surface area (Å²) in [6.07, 6.45) is 2.81. The lowest BCUT2D eigenvalue weighted by Gasteiger charge is -2.24. The molecule has 1 amide bonds. The number of carbonyl (C=O) groups excluding carboxylic acids is 1. The van der Waals surface area contributed by atoms with Gasteiger partial charge in [0, 0.05) is 12.6 Å². The minimum absolute atomic E-state index is 0.00971. The second-order valence-electron chi connectivity index (χ2n) is 6.66. The molecule has 0 spiro atoms. The summed E-state index contributed by atoms with van der Waals surface area (Å²) in [4.78, 5) is 14.5. The van der Waals surface area contributed by atoms with Crippen LogP contribution >= 0.6 is 0 Å². The van der Waals surface area contributed by atoms with Crippen LogP contribution in [0.5, 0.6) is 5.75 Å². The standard InChI is InChI=1S/C21H24F2N2O2/c22-21(23)27-18-10-8-16(9-11-18)12-13-24-20(26)15-25-14-4-7-19(25)17-5-2-1-3-6-17/h1-3,5-6,8-11,19,21H,4,7,12-15H2,(H,24,26). The molecule has 0 bridgehead atoms. The number of carbonyl (C=O) groups is 1. The Morgan fingerprint density at radius 3 is 2.59 bits per heavy atom. The van der Waals surface area contributed by atoms with Gasteiger partial charge < -0.3 is 10.1 Å². The van der Waals surface area contributed by atoms with Gasteiger partial charge in [-0.25, -0.2) is 0 Å². The van der Waals surface area contributed by atoms with Gasteiger partial charge in [0.15, 0.2) is 0 Å². The van der Waals surface area contributed by atoms with Crippen LogP contribution in [0.3, 0.4) is 0 Å². The van der Waals surface area contributed by atoms with Crippen LogP contribution in [-0.4, -0.2) is 37.1 Å². The van der Waals surface area contributed by atoms with Gasteiger partial charge in [-0.3, -0.25) is 9.69 Å². The highest BCUT2D eigenvalue weighted by atomic mass is 19.3. The van der Waals surface area contributed by atoms with Gasteiger partial charge >= 0.3 is 6.61 Å². The fraction of sp³-hybridized carbons (Fsp3) is 0.381. The van der Waals surface area contributed by atoms with Crippen LogP contribution < -0.4 is 10.1 Å². The highest BCUT2D eigenvalue weighted by molar-refractivity contribution is 5.78. The van der Waals surface area contributed by atoms with E-state index in [1.165, 1.54) is 17.7 Å². The first-order chi connectivity index (χ1) is 13.1. The second-order valence-corrected chi connectivity index (χ2v) is 6.66. The zero-order valence-corrected chi connectivity index (χ0v) is 15.1. The molecule has 0 aromatic heterocycles. The number of benzene rings is 2. The van der Waals surface area contributed by atoms with Crippen molar-refractivity contribution in [3.05, 3.63) is 65.7 Å². The third kappa shape index (κ3) is 5.76. The molecule has 0 saturated carbocycles. The largest absolute Gasteiger partial charge is 0.435 e. The van der Waals surface area contributed by atoms with Gasteiger partial charge in [0.2, 0.25) is 5.91 Å². The van der Waals surface area contributed by atoms with Crippen molar-refractivity contribution < 1.29 is 18.3 Å². The number of halogens is 2. The summed E-state index contributed by atoms with van der Waals surface area (Å²) in [6.45, 7) is -0.989. The molecule has 0 radical (unpaired) electrons. The molecular formula is C21H24F2N2O2. The average Bonchev–Trinajstić information content (AvgIpc) is 3.11. The number of rotatable bonds is 8. The number of hydrogen-bond acceptors (Lipinski definition) is 3. The van der Waals surface area contributed by atoms with E-state index >= 15 is 0 Å². The number of nitrogens with one attached hydrogen (secondary N) is 1. The second kappa shape index (κ2) is 9.46. The van der Waals surface area contributed by atoms with Crippen LogP contribution in [0.4, 0.5) is 8.78 Å². The van der Waals surface area contributed by atoms with E-state index in [0.29, 0.717) is 25.6 Å². The molecule has 2 aromatic carbocycles. The number of hydrogen-bond donors (Lipinski definition) is 1. The van der Waals surface area contributed by atoms with Gasteiger partial charge in [-0.15, -0.1) is 0 Å². The van der Waals surface area contributed by atoms with Crippen molar-refractivity contribution in [1.82, 2.24) is 10.2 Å². The van der Waals surface area contributed by atoms with Crippen molar-refractivity contribution in [2.75, 3.05) is 19.6 Å². The van der Waals surface area contributed by atoms with E-state index in [0.717, 1.165) is 24.9 Å². The predicted molar refractivity (Wildman–Crippen MR) is 99.8 cm³/mol. The fourth-order valence-electron chi connectivity index (χ4n) is 3.49. The molecule has 4 nitrogen and oxygen atoms in total. The molecule has 27 heavy (non-hydrogen) atoms. The van der Waals surface area contributed by atoms with Crippen molar-refractivity contribution in [2.45, 2.75) is 31.9 Å². The number of nitrogens with zero attached hydrogens (tertiary/aromatic N) is 1. The van der Waals surface area contributed by atoms with Gasteiger partial charge in [-0.05, 0) is 49.1 Å². The summed E-state index contributed by atoms with van der Waals surface area (Å²) in [5.41, 5.74) is 2.22. The van der Waals surface area contributed by atoms with E-state index in [1.807, 2.05) is 18.2 Å². The van der Waals surface area contributed by atoms with Crippen molar-refractivity contribution >= 4 is 5.91 Å². The molecule has 1 unspecified atom stereocenters. The van der Waals surface area contributed by atoms with E-state index in [4.69, 9.17) is 0 Å². The third-order valence-electron chi connectivity index (χ3n) is 4.78. The molecule has 1 fully saturated rings. The van der Waals surface area contributed by atoms with E-state index in [2.05, 4.69) is 27.1 Å². The SMILES string of the molecule is O=C(CN1CCCC1c1ccccc1)NCCc1ccc(OC(F)F)cc1. The van der Waals surface area contributed by atoms with Crippen LogP contribution in [0.2, 0.25) is 0 Å². The van der Waals surface area contributed by atoms with E-state index in [-0.39, 0.29) is 11.7 Å². The molecule has 1 saturated heterocycles.